The van der Waals surface area contributed by atoms with Crippen LogP contribution in [-0.4, -0.2) is 18.1 Å². The molecule has 0 radical (unpaired) electrons. The fraction of sp³-hybridized carbons (Fsp3) is 0.154. The molecule has 0 aliphatic rings. The molecule has 32 heavy (non-hydrogen) atoms. The number of hydrogen-bond donors (Lipinski definition) is 0. The van der Waals surface area contributed by atoms with Crippen LogP contribution in [0.4, 0.5) is 0 Å². The van der Waals surface area contributed by atoms with Crippen LogP contribution < -0.4 is 4.74 Å². The van der Waals surface area contributed by atoms with Crippen LogP contribution >= 0.6 is 11.6 Å². The van der Waals surface area contributed by atoms with Gasteiger partial charge in [0.2, 0.25) is 6.29 Å². The zero-order chi connectivity index (χ0) is 22.5. The molecule has 1 unspecified atom stereocenters. The molecule has 0 amide bonds. The summed E-state index contributed by atoms with van der Waals surface area (Å²) < 4.78 is 17.2. The van der Waals surface area contributed by atoms with E-state index in [-0.39, 0.29) is 6.61 Å². The smallest absolute Gasteiger partial charge is 0.338 e. The van der Waals surface area contributed by atoms with E-state index >= 15 is 0 Å². The van der Waals surface area contributed by atoms with E-state index in [1.807, 2.05) is 79.7 Å². The first-order valence-electron chi connectivity index (χ1n) is 10.1. The van der Waals surface area contributed by atoms with Crippen LogP contribution in [0.2, 0.25) is 5.02 Å². The highest BCUT2D eigenvalue weighted by Crippen LogP contribution is 2.27. The lowest BCUT2D eigenvalue weighted by atomic mass is 10.0. The van der Waals surface area contributed by atoms with Crippen LogP contribution in [0.5, 0.6) is 5.75 Å². The monoisotopic (exact) mass is 447 g/mol. The number of carbonyl (C=O) groups excluding carboxylic acids is 1. The first-order chi connectivity index (χ1) is 15.5. The zero-order valence-corrected chi connectivity index (χ0v) is 18.5. The molecule has 0 fully saturated rings. The Hall–Kier alpha value is -3.41. The van der Waals surface area contributed by atoms with Crippen molar-refractivity contribution in [1.82, 2.24) is 4.98 Å². The van der Waals surface area contributed by atoms with Gasteiger partial charge in [-0.2, -0.15) is 0 Å². The Morgan fingerprint density at radius 3 is 2.56 bits per heavy atom. The minimum absolute atomic E-state index is 0.210. The average Bonchev–Trinajstić information content (AvgIpc) is 2.82. The number of rotatable bonds is 7. The number of methoxy groups -OCH3 is 1. The number of fused-ring (bicyclic) bond motifs is 1. The number of carbonyl (C=O) groups is 1. The standard InChI is InChI=1S/C26H22ClNO4/c1-17-8-9-19(14-23(17)25(29)30-2)26(32-22-6-4-3-5-7-22)31-16-21-13-11-18-10-12-20(27)15-24(18)28-21/h3-15,26H,16H2,1-2H3. The van der Waals surface area contributed by atoms with Crippen LogP contribution in [0.3, 0.4) is 0 Å². The largest absolute Gasteiger partial charge is 0.465 e. The van der Waals surface area contributed by atoms with Gasteiger partial charge in [-0.15, -0.1) is 0 Å². The van der Waals surface area contributed by atoms with Gasteiger partial charge in [-0.25, -0.2) is 4.79 Å². The predicted octanol–water partition coefficient (Wildman–Crippen LogP) is 6.28. The summed E-state index contributed by atoms with van der Waals surface area (Å²) in [4.78, 5) is 16.8. The van der Waals surface area contributed by atoms with E-state index in [0.29, 0.717) is 21.9 Å². The van der Waals surface area contributed by atoms with Gasteiger partial charge in [0.1, 0.15) is 5.75 Å². The Labute approximate surface area is 191 Å². The van der Waals surface area contributed by atoms with Crippen molar-refractivity contribution in [3.05, 3.63) is 106 Å². The van der Waals surface area contributed by atoms with E-state index in [9.17, 15) is 4.79 Å². The van der Waals surface area contributed by atoms with E-state index < -0.39 is 12.3 Å². The SMILES string of the molecule is COC(=O)c1cc(C(OCc2ccc3ccc(Cl)cc3n2)Oc2ccccc2)ccc1C. The van der Waals surface area contributed by atoms with Gasteiger partial charge in [0, 0.05) is 16.0 Å². The molecule has 0 spiro atoms. The Kier molecular flexibility index (Phi) is 6.69. The molecule has 0 saturated heterocycles. The van der Waals surface area contributed by atoms with Crippen molar-refractivity contribution in [1.29, 1.82) is 0 Å². The van der Waals surface area contributed by atoms with E-state index in [2.05, 4.69) is 4.98 Å². The van der Waals surface area contributed by atoms with Crippen LogP contribution in [0, 0.1) is 6.92 Å². The third-order valence-corrected chi connectivity index (χ3v) is 5.25. The number of pyridine rings is 1. The van der Waals surface area contributed by atoms with Crippen molar-refractivity contribution in [3.8, 4) is 5.75 Å². The van der Waals surface area contributed by atoms with Crippen molar-refractivity contribution < 1.29 is 19.0 Å². The Balaban J connectivity index is 1.62. The number of benzene rings is 3. The second-order valence-electron chi connectivity index (χ2n) is 7.28. The summed E-state index contributed by atoms with van der Waals surface area (Å²) >= 11 is 6.10. The number of hydrogen-bond acceptors (Lipinski definition) is 5. The van der Waals surface area contributed by atoms with Gasteiger partial charge in [0.05, 0.1) is 30.5 Å². The van der Waals surface area contributed by atoms with E-state index in [1.165, 1.54) is 7.11 Å². The molecule has 6 heteroatoms. The molecule has 1 heterocycles. The van der Waals surface area contributed by atoms with Gasteiger partial charge < -0.3 is 14.2 Å². The number of ether oxygens (including phenoxy) is 3. The fourth-order valence-electron chi connectivity index (χ4n) is 3.31. The molecule has 0 aliphatic carbocycles. The lowest BCUT2D eigenvalue weighted by Crippen LogP contribution is -2.14. The van der Waals surface area contributed by atoms with Gasteiger partial charge in [0.25, 0.3) is 0 Å². The molecule has 5 nitrogen and oxygen atoms in total. The van der Waals surface area contributed by atoms with Crippen LogP contribution in [0.25, 0.3) is 10.9 Å². The molecule has 162 valence electrons. The normalized spacial score (nSPS) is 11.8. The first kappa shape index (κ1) is 21.8. The fourth-order valence-corrected chi connectivity index (χ4v) is 3.48. The second-order valence-corrected chi connectivity index (χ2v) is 7.72. The van der Waals surface area contributed by atoms with Gasteiger partial charge in [-0.1, -0.05) is 54.1 Å². The molecule has 0 N–H and O–H groups in total. The molecule has 4 rings (SSSR count). The zero-order valence-electron chi connectivity index (χ0n) is 17.7. The summed E-state index contributed by atoms with van der Waals surface area (Å²) in [6, 6.07) is 24.3. The number of esters is 1. The van der Waals surface area contributed by atoms with Gasteiger partial charge in [-0.3, -0.25) is 4.98 Å². The third-order valence-electron chi connectivity index (χ3n) is 5.02. The van der Waals surface area contributed by atoms with Crippen molar-refractivity contribution >= 4 is 28.5 Å². The highest BCUT2D eigenvalue weighted by atomic mass is 35.5. The quantitative estimate of drug-likeness (QED) is 0.246. The minimum Gasteiger partial charge on any atom is -0.465 e. The number of nitrogens with zero attached hydrogens (tertiary/aromatic N) is 1. The topological polar surface area (TPSA) is 57.7 Å². The maximum Gasteiger partial charge on any atom is 0.338 e. The molecule has 0 aliphatic heterocycles. The molecule has 0 saturated carbocycles. The lowest BCUT2D eigenvalue weighted by molar-refractivity contribution is -0.0938. The highest BCUT2D eigenvalue weighted by molar-refractivity contribution is 6.31. The van der Waals surface area contributed by atoms with Gasteiger partial charge in [-0.05, 0) is 48.9 Å². The minimum atomic E-state index is -0.752. The van der Waals surface area contributed by atoms with Crippen LogP contribution in [0.15, 0.2) is 78.9 Å². The maximum atomic E-state index is 12.2. The Morgan fingerprint density at radius 2 is 1.78 bits per heavy atom. The molecular formula is C26H22ClNO4. The van der Waals surface area contributed by atoms with Crippen molar-refractivity contribution in [2.45, 2.75) is 19.8 Å². The predicted molar refractivity (Wildman–Crippen MR) is 124 cm³/mol. The average molecular weight is 448 g/mol. The van der Waals surface area contributed by atoms with Gasteiger partial charge >= 0.3 is 5.97 Å². The number of para-hydroxylation sites is 1. The third kappa shape index (κ3) is 5.07. The van der Waals surface area contributed by atoms with Gasteiger partial charge in [0.15, 0.2) is 0 Å². The van der Waals surface area contributed by atoms with E-state index in [4.69, 9.17) is 25.8 Å². The first-order valence-corrected chi connectivity index (χ1v) is 10.5. The number of aryl methyl sites for hydroxylation is 1. The number of aromatic nitrogens is 1. The van der Waals surface area contributed by atoms with Crippen molar-refractivity contribution in [3.63, 3.8) is 0 Å². The lowest BCUT2D eigenvalue weighted by Gasteiger charge is -2.21. The highest BCUT2D eigenvalue weighted by Gasteiger charge is 2.19. The molecule has 1 atom stereocenters. The van der Waals surface area contributed by atoms with Crippen molar-refractivity contribution in [2.24, 2.45) is 0 Å². The summed E-state index contributed by atoms with van der Waals surface area (Å²) in [5.74, 6) is 0.242. The molecule has 4 aromatic rings. The molecule has 0 bridgehead atoms. The summed E-state index contributed by atoms with van der Waals surface area (Å²) in [5.41, 5.74) is 3.51. The summed E-state index contributed by atoms with van der Waals surface area (Å²) in [6.45, 7) is 2.06. The van der Waals surface area contributed by atoms with E-state index in [1.54, 1.807) is 6.07 Å². The van der Waals surface area contributed by atoms with E-state index in [0.717, 1.165) is 22.2 Å². The summed E-state index contributed by atoms with van der Waals surface area (Å²) in [7, 11) is 1.36. The Morgan fingerprint density at radius 1 is 1.00 bits per heavy atom. The molecule has 1 aromatic heterocycles. The van der Waals surface area contributed by atoms with Crippen LogP contribution in [-0.2, 0) is 16.1 Å². The van der Waals surface area contributed by atoms with Crippen molar-refractivity contribution in [2.75, 3.05) is 7.11 Å². The second kappa shape index (κ2) is 9.81. The summed E-state index contributed by atoms with van der Waals surface area (Å²) in [6.07, 6.45) is -0.752. The Bertz CT molecular complexity index is 1240. The molecular weight excluding hydrogens is 426 g/mol. The summed E-state index contributed by atoms with van der Waals surface area (Å²) in [5, 5.41) is 1.62. The maximum absolute atomic E-state index is 12.2. The molecule has 3 aromatic carbocycles. The van der Waals surface area contributed by atoms with Crippen LogP contribution in [0.1, 0.15) is 33.5 Å². The number of halogens is 1.